The van der Waals surface area contributed by atoms with Crippen LogP contribution in [0.3, 0.4) is 0 Å². The molecule has 2 heterocycles. The summed E-state index contributed by atoms with van der Waals surface area (Å²) in [6, 6.07) is 11.4. The number of rotatable bonds is 5. The lowest BCUT2D eigenvalue weighted by Gasteiger charge is -2.23. The molecule has 1 aliphatic rings. The number of para-hydroxylation sites is 1. The fourth-order valence-electron chi connectivity index (χ4n) is 4.17. The van der Waals surface area contributed by atoms with Crippen molar-refractivity contribution in [2.45, 2.75) is 44.3 Å². The third-order valence-corrected chi connectivity index (χ3v) is 5.78. The molecule has 0 saturated heterocycles. The van der Waals surface area contributed by atoms with E-state index in [2.05, 4.69) is 10.3 Å². The van der Waals surface area contributed by atoms with E-state index in [1.165, 1.54) is 0 Å². The monoisotopic (exact) mass is 429 g/mol. The Balaban J connectivity index is 1.67. The molecule has 0 bridgehead atoms. The Kier molecular flexibility index (Phi) is 5.80. The number of anilines is 1. The summed E-state index contributed by atoms with van der Waals surface area (Å²) in [5, 5.41) is 3.60. The maximum absolute atomic E-state index is 13.2. The molecular formula is C23H22F3N3O2. The van der Waals surface area contributed by atoms with E-state index in [0.29, 0.717) is 17.8 Å². The number of alkyl halides is 3. The number of nitrogens with one attached hydrogen (secondary N) is 1. The second-order valence-electron chi connectivity index (χ2n) is 7.94. The third kappa shape index (κ3) is 4.78. The second-order valence-corrected chi connectivity index (χ2v) is 7.94. The van der Waals surface area contributed by atoms with Crippen molar-refractivity contribution in [3.8, 4) is 0 Å². The Labute approximate surface area is 176 Å². The summed E-state index contributed by atoms with van der Waals surface area (Å²) in [7, 11) is 0. The highest BCUT2D eigenvalue weighted by atomic mass is 19.4. The lowest BCUT2D eigenvalue weighted by atomic mass is 9.97. The molecule has 162 valence electrons. The zero-order valence-electron chi connectivity index (χ0n) is 16.7. The van der Waals surface area contributed by atoms with E-state index in [4.69, 9.17) is 0 Å². The van der Waals surface area contributed by atoms with E-state index >= 15 is 0 Å². The Hall–Kier alpha value is -3.16. The molecule has 4 rings (SSSR count). The van der Waals surface area contributed by atoms with Crippen LogP contribution in [0.25, 0.3) is 10.9 Å². The third-order valence-electron chi connectivity index (χ3n) is 5.78. The molecule has 1 amide bonds. The number of carbonyl (C=O) groups is 1. The van der Waals surface area contributed by atoms with E-state index in [0.717, 1.165) is 54.0 Å². The van der Waals surface area contributed by atoms with E-state index in [1.807, 2.05) is 18.2 Å². The second kappa shape index (κ2) is 8.53. The number of amides is 1. The topological polar surface area (TPSA) is 64.0 Å². The molecule has 31 heavy (non-hydrogen) atoms. The number of pyridine rings is 2. The summed E-state index contributed by atoms with van der Waals surface area (Å²) < 4.78 is 40.6. The Bertz CT molecular complexity index is 1150. The molecule has 1 saturated carbocycles. The van der Waals surface area contributed by atoms with Crippen LogP contribution >= 0.6 is 0 Å². The van der Waals surface area contributed by atoms with Gasteiger partial charge in [0, 0.05) is 17.6 Å². The van der Waals surface area contributed by atoms with E-state index in [1.54, 1.807) is 18.2 Å². The smallest absolute Gasteiger partial charge is 0.309 e. The van der Waals surface area contributed by atoms with E-state index in [9.17, 15) is 22.8 Å². The predicted octanol–water partition coefficient (Wildman–Crippen LogP) is 5.18. The highest BCUT2D eigenvalue weighted by Crippen LogP contribution is 2.33. The lowest BCUT2D eigenvalue weighted by Crippen LogP contribution is -2.35. The van der Waals surface area contributed by atoms with Crippen molar-refractivity contribution in [1.29, 1.82) is 0 Å². The van der Waals surface area contributed by atoms with Gasteiger partial charge in [0.1, 0.15) is 11.9 Å². The number of aromatic nitrogens is 2. The molecule has 1 atom stereocenters. The van der Waals surface area contributed by atoms with Crippen molar-refractivity contribution < 1.29 is 18.0 Å². The van der Waals surface area contributed by atoms with Gasteiger partial charge in [-0.3, -0.25) is 9.59 Å². The van der Waals surface area contributed by atoms with Crippen LogP contribution in [0.2, 0.25) is 0 Å². The number of halogens is 3. The molecule has 0 aliphatic heterocycles. The number of hydrogen-bond acceptors (Lipinski definition) is 3. The van der Waals surface area contributed by atoms with Gasteiger partial charge in [-0.15, -0.1) is 0 Å². The molecule has 8 heteroatoms. The van der Waals surface area contributed by atoms with Gasteiger partial charge < -0.3 is 9.88 Å². The van der Waals surface area contributed by atoms with Crippen LogP contribution in [-0.2, 0) is 11.0 Å². The fourth-order valence-corrected chi connectivity index (χ4v) is 4.17. The molecule has 0 spiro atoms. The molecule has 0 radical (unpaired) electrons. The van der Waals surface area contributed by atoms with Crippen molar-refractivity contribution in [1.82, 2.24) is 9.55 Å². The average Bonchev–Trinajstić information content (AvgIpc) is 3.25. The van der Waals surface area contributed by atoms with Crippen molar-refractivity contribution >= 4 is 22.6 Å². The van der Waals surface area contributed by atoms with Gasteiger partial charge in [0.25, 0.3) is 5.56 Å². The molecule has 2 aromatic heterocycles. The Morgan fingerprint density at radius 2 is 1.84 bits per heavy atom. The summed E-state index contributed by atoms with van der Waals surface area (Å²) >= 11 is 0. The minimum Gasteiger partial charge on any atom is -0.309 e. The summed E-state index contributed by atoms with van der Waals surface area (Å²) in [5.74, 6) is -0.0713. The average molecular weight is 429 g/mol. The molecule has 3 aromatic rings. The Morgan fingerprint density at radius 1 is 1.10 bits per heavy atom. The first-order chi connectivity index (χ1) is 14.8. The first-order valence-electron chi connectivity index (χ1n) is 10.3. The number of benzene rings is 1. The van der Waals surface area contributed by atoms with Crippen LogP contribution in [0, 0.1) is 5.92 Å². The first-order valence-corrected chi connectivity index (χ1v) is 10.3. The highest BCUT2D eigenvalue weighted by molar-refractivity contribution is 5.94. The SMILES string of the molecule is O=C(Nc1ccc2ccccc2n1)C(CC1CCCC1)n1cc(C(F)(F)F)ccc1=O. The van der Waals surface area contributed by atoms with Crippen molar-refractivity contribution in [3.63, 3.8) is 0 Å². The zero-order chi connectivity index (χ0) is 22.0. The van der Waals surface area contributed by atoms with Gasteiger partial charge in [-0.2, -0.15) is 13.2 Å². The summed E-state index contributed by atoms with van der Waals surface area (Å²) in [4.78, 5) is 30.0. The number of hydrogen-bond donors (Lipinski definition) is 1. The van der Waals surface area contributed by atoms with Gasteiger partial charge in [-0.25, -0.2) is 4.98 Å². The number of carbonyl (C=O) groups excluding carboxylic acids is 1. The Morgan fingerprint density at radius 3 is 2.58 bits per heavy atom. The molecule has 1 unspecified atom stereocenters. The normalized spacial score (nSPS) is 15.8. The van der Waals surface area contributed by atoms with Crippen LogP contribution in [0.4, 0.5) is 19.0 Å². The largest absolute Gasteiger partial charge is 0.417 e. The van der Waals surface area contributed by atoms with Crippen LogP contribution in [-0.4, -0.2) is 15.5 Å². The van der Waals surface area contributed by atoms with E-state index in [-0.39, 0.29) is 5.92 Å². The van der Waals surface area contributed by atoms with Crippen LogP contribution in [0.15, 0.2) is 59.5 Å². The standard InChI is InChI=1S/C23H22F3N3O2/c24-23(25,26)17-10-12-21(30)29(14-17)19(13-15-5-1-2-6-15)22(31)28-20-11-9-16-7-3-4-8-18(16)27-20/h3-4,7-12,14-15,19H,1-2,5-6,13H2,(H,27,28,31). The van der Waals surface area contributed by atoms with Gasteiger partial charge >= 0.3 is 6.18 Å². The minimum atomic E-state index is -4.61. The van der Waals surface area contributed by atoms with Gasteiger partial charge in [0.15, 0.2) is 0 Å². The molecule has 1 fully saturated rings. The van der Waals surface area contributed by atoms with Crippen molar-refractivity contribution in [2.75, 3.05) is 5.32 Å². The quantitative estimate of drug-likeness (QED) is 0.608. The molecule has 1 N–H and O–H groups in total. The number of nitrogens with zero attached hydrogens (tertiary/aromatic N) is 2. The van der Waals surface area contributed by atoms with Gasteiger partial charge in [-0.05, 0) is 36.6 Å². The lowest BCUT2D eigenvalue weighted by molar-refractivity contribution is -0.138. The summed E-state index contributed by atoms with van der Waals surface area (Å²) in [5.41, 5.74) is -0.915. The van der Waals surface area contributed by atoms with Crippen LogP contribution in [0.1, 0.15) is 43.7 Å². The molecule has 1 aromatic carbocycles. The van der Waals surface area contributed by atoms with Crippen molar-refractivity contribution in [3.05, 3.63) is 70.6 Å². The van der Waals surface area contributed by atoms with Crippen LogP contribution < -0.4 is 10.9 Å². The molecule has 5 nitrogen and oxygen atoms in total. The highest BCUT2D eigenvalue weighted by Gasteiger charge is 2.33. The summed E-state index contributed by atoms with van der Waals surface area (Å²) in [6.45, 7) is 0. The van der Waals surface area contributed by atoms with Gasteiger partial charge in [0.2, 0.25) is 5.91 Å². The minimum absolute atomic E-state index is 0.182. The molecule has 1 aliphatic carbocycles. The molecular weight excluding hydrogens is 407 g/mol. The van der Waals surface area contributed by atoms with Crippen molar-refractivity contribution in [2.24, 2.45) is 5.92 Å². The summed E-state index contributed by atoms with van der Waals surface area (Å²) in [6.07, 6.45) is 0.266. The maximum atomic E-state index is 13.2. The predicted molar refractivity (Wildman–Crippen MR) is 112 cm³/mol. The zero-order valence-corrected chi connectivity index (χ0v) is 16.7. The van der Waals surface area contributed by atoms with Gasteiger partial charge in [-0.1, -0.05) is 43.9 Å². The van der Waals surface area contributed by atoms with Crippen LogP contribution in [0.5, 0.6) is 0 Å². The maximum Gasteiger partial charge on any atom is 0.417 e. The fraction of sp³-hybridized carbons (Fsp3) is 0.348. The number of fused-ring (bicyclic) bond motifs is 1. The first kappa shape index (κ1) is 21.1. The van der Waals surface area contributed by atoms with Gasteiger partial charge in [0.05, 0.1) is 11.1 Å². The van der Waals surface area contributed by atoms with E-state index < -0.39 is 29.2 Å².